The van der Waals surface area contributed by atoms with Gasteiger partial charge in [0, 0.05) is 5.56 Å². The average Bonchev–Trinajstić information content (AvgIpc) is 2.77. The number of fused-ring (bicyclic) bond motifs is 1. The molecule has 3 nitrogen and oxygen atoms in total. The molecular formula is C15H10ClN3. The zero-order valence-corrected chi connectivity index (χ0v) is 10.8. The zero-order chi connectivity index (χ0) is 13.4. The van der Waals surface area contributed by atoms with Crippen LogP contribution in [-0.4, -0.2) is 5.84 Å². The molecule has 2 aromatic rings. The number of rotatable bonds is 1. The summed E-state index contributed by atoms with van der Waals surface area (Å²) in [7, 11) is 0. The Morgan fingerprint density at radius 3 is 2.74 bits per heavy atom. The molecule has 0 saturated heterocycles. The quantitative estimate of drug-likeness (QED) is 0.859. The van der Waals surface area contributed by atoms with E-state index in [0.717, 1.165) is 11.1 Å². The van der Waals surface area contributed by atoms with Crippen LogP contribution >= 0.6 is 11.6 Å². The molecule has 2 aromatic carbocycles. The average molecular weight is 268 g/mol. The Hall–Kier alpha value is -2.31. The van der Waals surface area contributed by atoms with Gasteiger partial charge in [-0.25, -0.2) is 0 Å². The molecule has 0 aromatic heterocycles. The fourth-order valence-electron chi connectivity index (χ4n) is 2.28. The van der Waals surface area contributed by atoms with Crippen molar-refractivity contribution in [1.82, 2.24) is 0 Å². The third-order valence-corrected chi connectivity index (χ3v) is 3.56. The Bertz CT molecular complexity index is 716. The summed E-state index contributed by atoms with van der Waals surface area (Å²) in [5, 5.41) is 17.8. The van der Waals surface area contributed by atoms with Gasteiger partial charge in [-0.1, -0.05) is 35.9 Å². The largest absolute Gasteiger partial charge is 0.320 e. The summed E-state index contributed by atoms with van der Waals surface area (Å²) in [6, 6.07) is 15.0. The number of benzene rings is 2. The highest BCUT2D eigenvalue weighted by Gasteiger charge is 2.26. The van der Waals surface area contributed by atoms with Crippen molar-refractivity contribution in [3.8, 4) is 6.07 Å². The molecule has 3 rings (SSSR count). The third-order valence-electron chi connectivity index (χ3n) is 3.24. The van der Waals surface area contributed by atoms with Crippen molar-refractivity contribution in [3.05, 3.63) is 64.2 Å². The van der Waals surface area contributed by atoms with Gasteiger partial charge in [-0.15, -0.1) is 0 Å². The summed E-state index contributed by atoms with van der Waals surface area (Å²) in [5.74, 6) is 0.424. The molecule has 1 N–H and O–H groups in total. The number of halogens is 1. The lowest BCUT2D eigenvalue weighted by atomic mass is 10.1. The minimum absolute atomic E-state index is 0.424. The smallest absolute Gasteiger partial charge is 0.133 e. The van der Waals surface area contributed by atoms with Crippen LogP contribution in [0.15, 0.2) is 42.5 Å². The third kappa shape index (κ3) is 1.87. The van der Waals surface area contributed by atoms with Gasteiger partial charge in [0.25, 0.3) is 0 Å². The molecule has 0 bridgehead atoms. The number of nitrogens with zero attached hydrogens (tertiary/aromatic N) is 2. The van der Waals surface area contributed by atoms with E-state index >= 15 is 0 Å². The van der Waals surface area contributed by atoms with Crippen molar-refractivity contribution in [3.63, 3.8) is 0 Å². The van der Waals surface area contributed by atoms with Gasteiger partial charge < -0.3 is 4.90 Å². The van der Waals surface area contributed by atoms with Gasteiger partial charge in [0.2, 0.25) is 0 Å². The molecular weight excluding hydrogens is 258 g/mol. The number of nitrogens with one attached hydrogen (secondary N) is 1. The molecule has 19 heavy (non-hydrogen) atoms. The molecule has 0 spiro atoms. The lowest BCUT2D eigenvalue weighted by molar-refractivity contribution is 1.05. The first-order chi connectivity index (χ1) is 9.20. The standard InChI is InChI=1S/C15H10ClN3/c16-13-6-5-10(8-17)7-14(13)19-9-11-3-1-2-4-12(11)15(19)18/h1-7,18H,9H2. The van der Waals surface area contributed by atoms with Crippen molar-refractivity contribution in [2.45, 2.75) is 6.54 Å². The van der Waals surface area contributed by atoms with Gasteiger partial charge in [-0.2, -0.15) is 5.26 Å². The first-order valence-corrected chi connectivity index (χ1v) is 6.22. The highest BCUT2D eigenvalue weighted by molar-refractivity contribution is 6.34. The van der Waals surface area contributed by atoms with E-state index in [1.165, 1.54) is 0 Å². The molecule has 0 fully saturated rings. The Labute approximate surface area is 116 Å². The number of hydrogen-bond acceptors (Lipinski definition) is 2. The van der Waals surface area contributed by atoms with Crippen LogP contribution in [0.2, 0.25) is 5.02 Å². The molecule has 1 heterocycles. The number of amidine groups is 1. The van der Waals surface area contributed by atoms with Crippen LogP contribution in [0.1, 0.15) is 16.7 Å². The molecule has 0 saturated carbocycles. The fraction of sp³-hybridized carbons (Fsp3) is 0.0667. The summed E-state index contributed by atoms with van der Waals surface area (Å²) in [6.07, 6.45) is 0. The van der Waals surface area contributed by atoms with E-state index in [-0.39, 0.29) is 0 Å². The maximum Gasteiger partial charge on any atom is 0.133 e. The molecule has 0 aliphatic carbocycles. The highest BCUT2D eigenvalue weighted by Crippen LogP contribution is 2.33. The van der Waals surface area contributed by atoms with Crippen LogP contribution in [0.3, 0.4) is 0 Å². The maximum absolute atomic E-state index is 8.97. The predicted octanol–water partition coefficient (Wildman–Crippen LogP) is 3.56. The van der Waals surface area contributed by atoms with Crippen LogP contribution < -0.4 is 4.90 Å². The molecule has 0 amide bonds. The van der Waals surface area contributed by atoms with Crippen molar-refractivity contribution in [2.24, 2.45) is 0 Å². The second kappa shape index (κ2) is 4.42. The van der Waals surface area contributed by atoms with E-state index in [1.54, 1.807) is 18.2 Å². The first kappa shape index (κ1) is 11.8. The monoisotopic (exact) mass is 267 g/mol. The fourth-order valence-corrected chi connectivity index (χ4v) is 2.50. The van der Waals surface area contributed by atoms with Gasteiger partial charge in [0.05, 0.1) is 28.9 Å². The minimum Gasteiger partial charge on any atom is -0.320 e. The van der Waals surface area contributed by atoms with Crippen molar-refractivity contribution in [1.29, 1.82) is 10.7 Å². The molecule has 1 aliphatic heterocycles. The Morgan fingerprint density at radius 2 is 2.00 bits per heavy atom. The summed E-state index contributed by atoms with van der Waals surface area (Å²) in [4.78, 5) is 1.83. The molecule has 92 valence electrons. The van der Waals surface area contributed by atoms with Crippen molar-refractivity contribution >= 4 is 23.1 Å². The van der Waals surface area contributed by atoms with Gasteiger partial charge >= 0.3 is 0 Å². The molecule has 1 aliphatic rings. The molecule has 0 atom stereocenters. The molecule has 0 unspecified atom stereocenters. The normalized spacial score (nSPS) is 13.3. The molecule has 4 heteroatoms. The van der Waals surface area contributed by atoms with Crippen LogP contribution in [0.4, 0.5) is 5.69 Å². The Morgan fingerprint density at radius 1 is 1.21 bits per heavy atom. The second-order valence-corrected chi connectivity index (χ2v) is 4.78. The minimum atomic E-state index is 0.424. The van der Waals surface area contributed by atoms with Crippen molar-refractivity contribution in [2.75, 3.05) is 4.90 Å². The molecule has 0 radical (unpaired) electrons. The van der Waals surface area contributed by atoms with E-state index in [1.807, 2.05) is 29.2 Å². The Balaban J connectivity index is 2.07. The number of anilines is 1. The summed E-state index contributed by atoms with van der Waals surface area (Å²) in [5.41, 5.74) is 3.27. The first-order valence-electron chi connectivity index (χ1n) is 5.84. The zero-order valence-electron chi connectivity index (χ0n) is 10.0. The van der Waals surface area contributed by atoms with Gasteiger partial charge in [-0.05, 0) is 23.8 Å². The lowest BCUT2D eigenvalue weighted by Gasteiger charge is -2.19. The number of hydrogen-bond donors (Lipinski definition) is 1. The summed E-state index contributed by atoms with van der Waals surface area (Å²) >= 11 is 6.19. The SMILES string of the molecule is N#Cc1ccc(Cl)c(N2Cc3ccccc3C2=N)c1. The van der Waals surface area contributed by atoms with Crippen molar-refractivity contribution < 1.29 is 0 Å². The van der Waals surface area contributed by atoms with Gasteiger partial charge in [0.15, 0.2) is 0 Å². The van der Waals surface area contributed by atoms with E-state index in [0.29, 0.717) is 28.7 Å². The topological polar surface area (TPSA) is 50.9 Å². The van der Waals surface area contributed by atoms with Crippen LogP contribution in [-0.2, 0) is 6.54 Å². The highest BCUT2D eigenvalue weighted by atomic mass is 35.5. The Kier molecular flexibility index (Phi) is 2.73. The predicted molar refractivity (Wildman–Crippen MR) is 75.6 cm³/mol. The van der Waals surface area contributed by atoms with Crippen LogP contribution in [0.25, 0.3) is 0 Å². The lowest BCUT2D eigenvalue weighted by Crippen LogP contribution is -2.23. The van der Waals surface area contributed by atoms with E-state index in [2.05, 4.69) is 6.07 Å². The maximum atomic E-state index is 8.97. The van der Waals surface area contributed by atoms with E-state index in [9.17, 15) is 0 Å². The van der Waals surface area contributed by atoms with Gasteiger partial charge in [0.1, 0.15) is 5.84 Å². The van der Waals surface area contributed by atoms with Crippen LogP contribution in [0.5, 0.6) is 0 Å². The van der Waals surface area contributed by atoms with Crippen LogP contribution in [0, 0.1) is 16.7 Å². The van der Waals surface area contributed by atoms with E-state index < -0.39 is 0 Å². The summed E-state index contributed by atoms with van der Waals surface area (Å²) in [6.45, 7) is 0.615. The van der Waals surface area contributed by atoms with E-state index in [4.69, 9.17) is 22.3 Å². The number of nitriles is 1. The van der Waals surface area contributed by atoms with Gasteiger partial charge in [-0.3, -0.25) is 5.41 Å². The summed E-state index contributed by atoms with van der Waals surface area (Å²) < 4.78 is 0. The second-order valence-electron chi connectivity index (χ2n) is 4.37.